The van der Waals surface area contributed by atoms with Gasteiger partial charge in [0, 0.05) is 5.33 Å². The van der Waals surface area contributed by atoms with Gasteiger partial charge in [-0.15, -0.1) is 0 Å². The summed E-state index contributed by atoms with van der Waals surface area (Å²) >= 11 is 8.60. The molecule has 1 heterocycles. The topological polar surface area (TPSA) is 36.7 Å². The molecule has 0 spiro atoms. The lowest BCUT2D eigenvalue weighted by Gasteiger charge is -1.99. The Morgan fingerprint density at radius 3 is 2.92 bits per heavy atom. The molecule has 0 saturated carbocycles. The Labute approximate surface area is 82.1 Å². The number of hydrogen-bond donors (Lipinski definition) is 0. The first-order chi connectivity index (χ1) is 5.69. The molecule has 0 N–H and O–H groups in total. The van der Waals surface area contributed by atoms with E-state index in [1.807, 2.05) is 0 Å². The average Bonchev–Trinajstić information content (AvgIpc) is 2.08. The van der Waals surface area contributed by atoms with Crippen LogP contribution >= 0.6 is 27.5 Å². The molecule has 1 aromatic rings. The van der Waals surface area contributed by atoms with E-state index in [-0.39, 0.29) is 21.7 Å². The van der Waals surface area contributed by atoms with Crippen LogP contribution in [-0.4, -0.2) is 4.98 Å². The standard InChI is InChI=1S/C7H3BrClFN2/c8-2-6-5(10)1-4(3-11)7(9)12-6/h1H,2H2. The van der Waals surface area contributed by atoms with Crippen molar-refractivity contribution in [1.82, 2.24) is 4.98 Å². The second kappa shape index (κ2) is 3.83. The lowest BCUT2D eigenvalue weighted by molar-refractivity contribution is 0.608. The Morgan fingerprint density at radius 1 is 1.75 bits per heavy atom. The van der Waals surface area contributed by atoms with E-state index in [0.717, 1.165) is 6.07 Å². The van der Waals surface area contributed by atoms with Crippen LogP contribution in [-0.2, 0) is 5.33 Å². The van der Waals surface area contributed by atoms with Crippen molar-refractivity contribution >= 4 is 27.5 Å². The Bertz CT molecular complexity index is 347. The molecule has 0 radical (unpaired) electrons. The van der Waals surface area contributed by atoms with E-state index in [2.05, 4.69) is 20.9 Å². The molecule has 0 amide bonds. The Balaban J connectivity index is 3.28. The molecule has 0 aliphatic carbocycles. The van der Waals surface area contributed by atoms with Crippen LogP contribution in [0.15, 0.2) is 6.07 Å². The van der Waals surface area contributed by atoms with Gasteiger partial charge < -0.3 is 0 Å². The number of hydrogen-bond acceptors (Lipinski definition) is 2. The molecular weight excluding hydrogens is 246 g/mol. The predicted molar refractivity (Wildman–Crippen MR) is 46.6 cm³/mol. The van der Waals surface area contributed by atoms with Gasteiger partial charge in [-0.3, -0.25) is 0 Å². The molecular formula is C7H3BrClFN2. The van der Waals surface area contributed by atoms with Crippen molar-refractivity contribution in [2.75, 3.05) is 0 Å². The van der Waals surface area contributed by atoms with Crippen molar-refractivity contribution in [2.24, 2.45) is 0 Å². The molecule has 0 aliphatic rings. The minimum absolute atomic E-state index is 0.0355. The smallest absolute Gasteiger partial charge is 0.147 e. The number of nitrogens with zero attached hydrogens (tertiary/aromatic N) is 2. The molecule has 0 bridgehead atoms. The first-order valence-electron chi connectivity index (χ1n) is 3.00. The van der Waals surface area contributed by atoms with E-state index < -0.39 is 5.82 Å². The van der Waals surface area contributed by atoms with Gasteiger partial charge in [-0.1, -0.05) is 27.5 Å². The Morgan fingerprint density at radius 2 is 2.42 bits per heavy atom. The van der Waals surface area contributed by atoms with Crippen molar-refractivity contribution in [3.63, 3.8) is 0 Å². The van der Waals surface area contributed by atoms with Crippen LogP contribution < -0.4 is 0 Å². The van der Waals surface area contributed by atoms with Gasteiger partial charge in [-0.25, -0.2) is 9.37 Å². The Hall–Kier alpha value is -0.660. The van der Waals surface area contributed by atoms with Gasteiger partial charge in [0.2, 0.25) is 0 Å². The fourth-order valence-corrected chi connectivity index (χ4v) is 1.27. The van der Waals surface area contributed by atoms with Crippen molar-refractivity contribution in [3.05, 3.63) is 28.3 Å². The molecule has 2 nitrogen and oxygen atoms in total. The van der Waals surface area contributed by atoms with Crippen molar-refractivity contribution in [2.45, 2.75) is 5.33 Å². The number of alkyl halides is 1. The highest BCUT2D eigenvalue weighted by Crippen LogP contribution is 2.17. The average molecular weight is 249 g/mol. The highest BCUT2D eigenvalue weighted by Gasteiger charge is 2.08. The largest absolute Gasteiger partial charge is 0.236 e. The summed E-state index contributed by atoms with van der Waals surface area (Å²) in [5.41, 5.74) is 0.262. The normalized spacial score (nSPS) is 9.50. The zero-order valence-electron chi connectivity index (χ0n) is 5.81. The van der Waals surface area contributed by atoms with E-state index in [4.69, 9.17) is 16.9 Å². The summed E-state index contributed by atoms with van der Waals surface area (Å²) in [5.74, 6) is -0.521. The van der Waals surface area contributed by atoms with Crippen LogP contribution in [0.5, 0.6) is 0 Å². The molecule has 0 aliphatic heterocycles. The SMILES string of the molecule is N#Cc1cc(F)c(CBr)nc1Cl. The van der Waals surface area contributed by atoms with E-state index in [9.17, 15) is 4.39 Å². The van der Waals surface area contributed by atoms with Crippen LogP contribution in [0.4, 0.5) is 4.39 Å². The molecule has 0 unspecified atom stereocenters. The maximum atomic E-state index is 12.9. The third-order valence-electron chi connectivity index (χ3n) is 1.25. The van der Waals surface area contributed by atoms with Crippen molar-refractivity contribution in [1.29, 1.82) is 5.26 Å². The maximum Gasteiger partial charge on any atom is 0.147 e. The summed E-state index contributed by atoms with van der Waals surface area (Å²) in [6, 6.07) is 2.81. The van der Waals surface area contributed by atoms with Crippen LogP contribution in [0, 0.1) is 17.1 Å². The third-order valence-corrected chi connectivity index (χ3v) is 2.07. The lowest BCUT2D eigenvalue weighted by atomic mass is 10.2. The fourth-order valence-electron chi connectivity index (χ4n) is 0.674. The van der Waals surface area contributed by atoms with E-state index in [1.165, 1.54) is 0 Å². The van der Waals surface area contributed by atoms with Gasteiger partial charge in [-0.05, 0) is 6.07 Å². The highest BCUT2D eigenvalue weighted by atomic mass is 79.9. The van der Waals surface area contributed by atoms with Crippen LogP contribution in [0.2, 0.25) is 5.15 Å². The molecule has 0 fully saturated rings. The highest BCUT2D eigenvalue weighted by molar-refractivity contribution is 9.08. The summed E-state index contributed by atoms with van der Waals surface area (Å²) in [4.78, 5) is 3.68. The fraction of sp³-hybridized carbons (Fsp3) is 0.143. The molecule has 0 saturated heterocycles. The maximum absolute atomic E-state index is 12.9. The van der Waals surface area contributed by atoms with Crippen LogP contribution in [0.25, 0.3) is 0 Å². The number of halogens is 3. The van der Waals surface area contributed by atoms with Gasteiger partial charge in [0.15, 0.2) is 0 Å². The second-order valence-electron chi connectivity index (χ2n) is 2.00. The van der Waals surface area contributed by atoms with Gasteiger partial charge in [0.25, 0.3) is 0 Å². The van der Waals surface area contributed by atoms with Gasteiger partial charge in [0.05, 0.1) is 11.3 Å². The molecule has 0 atom stereocenters. The molecule has 12 heavy (non-hydrogen) atoms. The van der Waals surface area contributed by atoms with Crippen molar-refractivity contribution < 1.29 is 4.39 Å². The van der Waals surface area contributed by atoms with E-state index >= 15 is 0 Å². The number of aromatic nitrogens is 1. The molecule has 62 valence electrons. The van der Waals surface area contributed by atoms with Gasteiger partial charge in [0.1, 0.15) is 17.0 Å². The van der Waals surface area contributed by atoms with Gasteiger partial charge >= 0.3 is 0 Å². The summed E-state index contributed by atoms with van der Waals surface area (Å²) < 4.78 is 12.9. The summed E-state index contributed by atoms with van der Waals surface area (Å²) in [6.45, 7) is 0. The quantitative estimate of drug-likeness (QED) is 0.567. The van der Waals surface area contributed by atoms with Crippen molar-refractivity contribution in [3.8, 4) is 6.07 Å². The molecule has 1 aromatic heterocycles. The zero-order chi connectivity index (χ0) is 9.14. The predicted octanol–water partition coefficient (Wildman–Crippen LogP) is 2.64. The minimum Gasteiger partial charge on any atom is -0.236 e. The Kier molecular flexibility index (Phi) is 3.01. The number of nitriles is 1. The minimum atomic E-state index is -0.521. The molecule has 0 aromatic carbocycles. The monoisotopic (exact) mass is 248 g/mol. The first-order valence-corrected chi connectivity index (χ1v) is 4.50. The number of rotatable bonds is 1. The summed E-state index contributed by atoms with van der Waals surface area (Å²) in [6.07, 6.45) is 0. The zero-order valence-corrected chi connectivity index (χ0v) is 8.15. The van der Waals surface area contributed by atoms with Gasteiger partial charge in [-0.2, -0.15) is 5.26 Å². The van der Waals surface area contributed by atoms with E-state index in [0.29, 0.717) is 0 Å². The van der Waals surface area contributed by atoms with E-state index in [1.54, 1.807) is 6.07 Å². The lowest BCUT2D eigenvalue weighted by Crippen LogP contribution is -1.94. The third kappa shape index (κ3) is 1.74. The van der Waals surface area contributed by atoms with Crippen LogP contribution in [0.3, 0.4) is 0 Å². The summed E-state index contributed by atoms with van der Waals surface area (Å²) in [7, 11) is 0. The molecule has 1 rings (SSSR count). The summed E-state index contributed by atoms with van der Waals surface area (Å²) in [5, 5.41) is 8.77. The molecule has 5 heteroatoms. The van der Waals surface area contributed by atoms with Crippen LogP contribution in [0.1, 0.15) is 11.3 Å². The first kappa shape index (κ1) is 9.43. The second-order valence-corrected chi connectivity index (χ2v) is 2.92. The number of pyridine rings is 1.